The molecule has 0 spiro atoms. The maximum atomic E-state index is 11.8. The number of carbonyl (C=O) groups is 1. The molecule has 0 heterocycles. The van der Waals surface area contributed by atoms with Crippen molar-refractivity contribution in [2.75, 3.05) is 19.8 Å². The first-order valence-corrected chi connectivity index (χ1v) is 6.92. The van der Waals surface area contributed by atoms with Gasteiger partial charge in [0, 0.05) is 19.8 Å². The normalized spacial score (nSPS) is 11.0. The summed E-state index contributed by atoms with van der Waals surface area (Å²) in [5, 5.41) is 21.2. The lowest BCUT2D eigenvalue weighted by Gasteiger charge is -2.05. The second-order valence-electron chi connectivity index (χ2n) is 4.19. The summed E-state index contributed by atoms with van der Waals surface area (Å²) in [7, 11) is 0. The molecule has 0 atom stereocenters. The lowest BCUT2D eigenvalue weighted by atomic mass is 10.1. The Bertz CT molecular complexity index is 565. The fourth-order valence-corrected chi connectivity index (χ4v) is 1.73. The van der Waals surface area contributed by atoms with Gasteiger partial charge in [-0.25, -0.2) is 0 Å². The van der Waals surface area contributed by atoms with Crippen LogP contribution in [0.1, 0.15) is 18.9 Å². The molecule has 0 aliphatic heterocycles. The Hall–Kier alpha value is -2.03. The van der Waals surface area contributed by atoms with Crippen LogP contribution in [0, 0.1) is 11.3 Å². The molecule has 0 bridgehead atoms. The van der Waals surface area contributed by atoms with Crippen molar-refractivity contribution in [1.29, 1.82) is 5.26 Å². The van der Waals surface area contributed by atoms with Gasteiger partial charge in [0.1, 0.15) is 17.4 Å². The highest BCUT2D eigenvalue weighted by atomic mass is 35.5. The number of hydrogen-bond donors (Lipinski definition) is 2. The van der Waals surface area contributed by atoms with Gasteiger partial charge in [0.2, 0.25) is 0 Å². The molecule has 0 aliphatic carbocycles. The Balaban J connectivity index is 2.64. The molecule has 1 rings (SSSR count). The first-order chi connectivity index (χ1) is 10.1. The summed E-state index contributed by atoms with van der Waals surface area (Å²) in [5.41, 5.74) is 0.548. The van der Waals surface area contributed by atoms with Crippen LogP contribution < -0.4 is 5.32 Å². The summed E-state index contributed by atoms with van der Waals surface area (Å²) >= 11 is 5.78. The minimum Gasteiger partial charge on any atom is -0.506 e. The van der Waals surface area contributed by atoms with Crippen molar-refractivity contribution in [3.8, 4) is 11.8 Å². The number of benzene rings is 1. The predicted octanol–water partition coefficient (Wildman–Crippen LogP) is 2.50. The van der Waals surface area contributed by atoms with E-state index in [0.717, 1.165) is 0 Å². The van der Waals surface area contributed by atoms with E-state index in [1.165, 1.54) is 18.2 Å². The monoisotopic (exact) mass is 308 g/mol. The number of amides is 1. The van der Waals surface area contributed by atoms with Gasteiger partial charge in [-0.3, -0.25) is 4.79 Å². The zero-order valence-corrected chi connectivity index (χ0v) is 12.5. The fraction of sp³-hybridized carbons (Fsp3) is 0.333. The van der Waals surface area contributed by atoms with Gasteiger partial charge < -0.3 is 15.2 Å². The van der Waals surface area contributed by atoms with Gasteiger partial charge >= 0.3 is 0 Å². The van der Waals surface area contributed by atoms with Crippen molar-refractivity contribution in [3.63, 3.8) is 0 Å². The zero-order valence-electron chi connectivity index (χ0n) is 11.7. The number of nitrogens with one attached hydrogen (secondary N) is 1. The highest BCUT2D eigenvalue weighted by molar-refractivity contribution is 6.32. The van der Waals surface area contributed by atoms with Crippen molar-refractivity contribution < 1.29 is 14.6 Å². The molecule has 1 aromatic carbocycles. The van der Waals surface area contributed by atoms with E-state index in [0.29, 0.717) is 31.7 Å². The summed E-state index contributed by atoms with van der Waals surface area (Å²) in [4.78, 5) is 11.8. The van der Waals surface area contributed by atoms with Crippen molar-refractivity contribution in [2.45, 2.75) is 13.3 Å². The first-order valence-electron chi connectivity index (χ1n) is 6.54. The number of hydrogen-bond acceptors (Lipinski definition) is 4. The molecular weight excluding hydrogens is 292 g/mol. The molecule has 1 amide bonds. The summed E-state index contributed by atoms with van der Waals surface area (Å²) in [6.07, 6.45) is 2.10. The van der Waals surface area contributed by atoms with E-state index >= 15 is 0 Å². The number of halogens is 1. The summed E-state index contributed by atoms with van der Waals surface area (Å²) in [5.74, 6) is -0.495. The molecule has 5 nitrogen and oxygen atoms in total. The quantitative estimate of drug-likeness (QED) is 0.460. The predicted molar refractivity (Wildman–Crippen MR) is 80.8 cm³/mol. The van der Waals surface area contributed by atoms with Crippen molar-refractivity contribution >= 4 is 23.6 Å². The van der Waals surface area contributed by atoms with Gasteiger partial charge in [-0.15, -0.1) is 0 Å². The van der Waals surface area contributed by atoms with E-state index in [9.17, 15) is 9.90 Å². The van der Waals surface area contributed by atoms with Crippen molar-refractivity contribution in [2.24, 2.45) is 0 Å². The molecule has 21 heavy (non-hydrogen) atoms. The fourth-order valence-electron chi connectivity index (χ4n) is 1.54. The highest BCUT2D eigenvalue weighted by Gasteiger charge is 2.08. The van der Waals surface area contributed by atoms with Crippen LogP contribution in [0.5, 0.6) is 5.75 Å². The number of nitrogens with zero attached hydrogens (tertiary/aromatic N) is 1. The molecule has 1 aromatic rings. The molecule has 0 aromatic heterocycles. The van der Waals surface area contributed by atoms with Crippen molar-refractivity contribution in [1.82, 2.24) is 5.32 Å². The standard InChI is InChI=1S/C15H17ClN2O3/c1-2-21-7-3-6-18-15(20)12(10-17)8-11-4-5-14(19)13(16)9-11/h4-5,8-9,19H,2-3,6-7H2,1H3,(H,18,20). The third kappa shape index (κ3) is 5.86. The van der Waals surface area contributed by atoms with Crippen LogP contribution in [-0.4, -0.2) is 30.8 Å². The van der Waals surface area contributed by atoms with E-state index in [4.69, 9.17) is 21.6 Å². The van der Waals surface area contributed by atoms with Crippen LogP contribution in [0.3, 0.4) is 0 Å². The molecule has 6 heteroatoms. The maximum Gasteiger partial charge on any atom is 0.261 e. The van der Waals surface area contributed by atoms with E-state index in [1.807, 2.05) is 13.0 Å². The van der Waals surface area contributed by atoms with Crippen LogP contribution in [0.25, 0.3) is 6.08 Å². The third-order valence-electron chi connectivity index (χ3n) is 2.60. The highest BCUT2D eigenvalue weighted by Crippen LogP contribution is 2.24. The van der Waals surface area contributed by atoms with E-state index in [1.54, 1.807) is 6.07 Å². The van der Waals surface area contributed by atoms with Gasteiger partial charge in [0.15, 0.2) is 0 Å². The van der Waals surface area contributed by atoms with Crippen LogP contribution >= 0.6 is 11.6 Å². The molecule has 0 aliphatic rings. The average Bonchev–Trinajstić information content (AvgIpc) is 2.48. The second-order valence-corrected chi connectivity index (χ2v) is 4.59. The minimum atomic E-state index is -0.446. The van der Waals surface area contributed by atoms with Gasteiger partial charge in [0.05, 0.1) is 5.02 Å². The van der Waals surface area contributed by atoms with Crippen LogP contribution in [0.2, 0.25) is 5.02 Å². The average molecular weight is 309 g/mol. The summed E-state index contributed by atoms with van der Waals surface area (Å²) < 4.78 is 5.15. The smallest absolute Gasteiger partial charge is 0.261 e. The number of phenolic OH excluding ortho intramolecular Hbond substituents is 1. The molecule has 0 fully saturated rings. The molecule has 0 unspecified atom stereocenters. The third-order valence-corrected chi connectivity index (χ3v) is 2.91. The Labute approximate surface area is 128 Å². The summed E-state index contributed by atoms with van der Waals surface area (Å²) in [6.45, 7) is 3.54. The van der Waals surface area contributed by atoms with E-state index in [-0.39, 0.29) is 16.3 Å². The van der Waals surface area contributed by atoms with Crippen LogP contribution in [0.4, 0.5) is 0 Å². The number of aromatic hydroxyl groups is 1. The summed E-state index contributed by atoms with van der Waals surface area (Å²) in [6, 6.07) is 6.31. The lowest BCUT2D eigenvalue weighted by molar-refractivity contribution is -0.117. The Morgan fingerprint density at radius 1 is 1.57 bits per heavy atom. The first kappa shape index (κ1) is 17.0. The maximum absolute atomic E-state index is 11.8. The number of carbonyl (C=O) groups excluding carboxylic acids is 1. The molecular formula is C15H17ClN2O3. The van der Waals surface area contributed by atoms with E-state index in [2.05, 4.69) is 5.32 Å². The number of ether oxygens (including phenoxy) is 1. The lowest BCUT2D eigenvalue weighted by Crippen LogP contribution is -2.26. The Kier molecular flexibility index (Phi) is 7.30. The largest absolute Gasteiger partial charge is 0.506 e. The van der Waals surface area contributed by atoms with Crippen molar-refractivity contribution in [3.05, 3.63) is 34.4 Å². The topological polar surface area (TPSA) is 82.3 Å². The van der Waals surface area contributed by atoms with E-state index < -0.39 is 5.91 Å². The number of rotatable bonds is 7. The van der Waals surface area contributed by atoms with Gasteiger partial charge in [0.25, 0.3) is 5.91 Å². The van der Waals surface area contributed by atoms with Crippen LogP contribution in [0.15, 0.2) is 23.8 Å². The minimum absolute atomic E-state index is 0.0202. The zero-order chi connectivity index (χ0) is 15.7. The Morgan fingerprint density at radius 3 is 2.95 bits per heavy atom. The number of phenols is 1. The number of nitriles is 1. The van der Waals surface area contributed by atoms with Gasteiger partial charge in [-0.05, 0) is 37.1 Å². The SMILES string of the molecule is CCOCCCNC(=O)C(C#N)=Cc1ccc(O)c(Cl)c1. The molecule has 0 saturated heterocycles. The van der Waals surface area contributed by atoms with Crippen LogP contribution in [-0.2, 0) is 9.53 Å². The molecule has 0 saturated carbocycles. The van der Waals surface area contributed by atoms with Gasteiger partial charge in [-0.1, -0.05) is 17.7 Å². The molecule has 2 N–H and O–H groups in total. The van der Waals surface area contributed by atoms with Gasteiger partial charge in [-0.2, -0.15) is 5.26 Å². The molecule has 112 valence electrons. The Morgan fingerprint density at radius 2 is 2.33 bits per heavy atom. The molecule has 0 radical (unpaired) electrons. The second kappa shape index (κ2) is 9.01.